The van der Waals surface area contributed by atoms with Crippen LogP contribution >= 0.6 is 24.0 Å². The van der Waals surface area contributed by atoms with Crippen LogP contribution in [0.2, 0.25) is 0 Å². The van der Waals surface area contributed by atoms with Gasteiger partial charge in [0.15, 0.2) is 5.96 Å². The fourth-order valence-corrected chi connectivity index (χ4v) is 4.02. The summed E-state index contributed by atoms with van der Waals surface area (Å²) in [5.41, 5.74) is 1.28. The molecule has 2 N–H and O–H groups in total. The molecule has 1 aromatic carbocycles. The summed E-state index contributed by atoms with van der Waals surface area (Å²) in [6.45, 7) is 6.54. The van der Waals surface area contributed by atoms with Crippen molar-refractivity contribution < 1.29 is 9.15 Å². The Kier molecular flexibility index (Phi) is 8.23. The van der Waals surface area contributed by atoms with Crippen LogP contribution in [-0.2, 0) is 6.42 Å². The maximum atomic E-state index is 6.03. The fourth-order valence-electron chi connectivity index (χ4n) is 4.02. The number of furan rings is 1. The van der Waals surface area contributed by atoms with Gasteiger partial charge in [0.1, 0.15) is 17.6 Å². The molecule has 29 heavy (non-hydrogen) atoms. The Labute approximate surface area is 190 Å². The van der Waals surface area contributed by atoms with Crippen molar-refractivity contribution in [1.82, 2.24) is 15.5 Å². The average Bonchev–Trinajstić information content (AvgIpc) is 3.47. The highest BCUT2D eigenvalue weighted by Crippen LogP contribution is 2.28. The molecule has 2 unspecified atom stereocenters. The fraction of sp³-hybridized carbons (Fsp3) is 0.500. The minimum atomic E-state index is 0. The van der Waals surface area contributed by atoms with Gasteiger partial charge in [0, 0.05) is 13.0 Å². The van der Waals surface area contributed by atoms with Gasteiger partial charge in [0.2, 0.25) is 0 Å². The number of halogens is 1. The number of rotatable bonds is 7. The monoisotopic (exact) mass is 510 g/mol. The quantitative estimate of drug-likeness (QED) is 0.339. The van der Waals surface area contributed by atoms with Gasteiger partial charge in [0.05, 0.1) is 25.4 Å². The molecule has 0 radical (unpaired) electrons. The highest BCUT2D eigenvalue weighted by atomic mass is 127. The Balaban J connectivity index is 0.00000240. The number of aliphatic imine (C=N–C) groups is 1. The largest absolute Gasteiger partial charge is 0.488 e. The summed E-state index contributed by atoms with van der Waals surface area (Å²) in [7, 11) is 0. The number of benzene rings is 1. The topological polar surface area (TPSA) is 62.0 Å². The number of fused-ring (bicyclic) bond motifs is 1. The number of para-hydroxylation sites is 1. The third-order valence-corrected chi connectivity index (χ3v) is 5.43. The first-order chi connectivity index (χ1) is 13.8. The third-order valence-electron chi connectivity index (χ3n) is 5.43. The van der Waals surface area contributed by atoms with Gasteiger partial charge in [-0.25, -0.2) is 0 Å². The number of ether oxygens (including phenoxy) is 1. The predicted octanol–water partition coefficient (Wildman–Crippen LogP) is 3.59. The molecule has 0 saturated carbocycles. The van der Waals surface area contributed by atoms with E-state index in [9.17, 15) is 0 Å². The number of guanidine groups is 1. The lowest BCUT2D eigenvalue weighted by molar-refractivity contribution is 0.220. The molecule has 0 aliphatic carbocycles. The second-order valence-corrected chi connectivity index (χ2v) is 7.43. The van der Waals surface area contributed by atoms with Crippen molar-refractivity contribution in [3.8, 4) is 5.75 Å². The second kappa shape index (κ2) is 10.9. The van der Waals surface area contributed by atoms with Gasteiger partial charge >= 0.3 is 0 Å². The van der Waals surface area contributed by atoms with Crippen LogP contribution in [0.3, 0.4) is 0 Å². The van der Waals surface area contributed by atoms with Crippen LogP contribution in [0.1, 0.15) is 37.1 Å². The van der Waals surface area contributed by atoms with Crippen molar-refractivity contribution in [3.05, 3.63) is 54.0 Å². The predicted molar refractivity (Wildman–Crippen MR) is 126 cm³/mol. The van der Waals surface area contributed by atoms with Gasteiger partial charge in [-0.3, -0.25) is 9.89 Å². The maximum absolute atomic E-state index is 6.03. The van der Waals surface area contributed by atoms with Gasteiger partial charge in [0.25, 0.3) is 0 Å². The molecule has 2 aliphatic rings. The first-order valence-corrected chi connectivity index (χ1v) is 10.4. The highest BCUT2D eigenvalue weighted by molar-refractivity contribution is 14.0. The van der Waals surface area contributed by atoms with E-state index >= 15 is 0 Å². The van der Waals surface area contributed by atoms with Crippen LogP contribution in [0, 0.1) is 0 Å². The van der Waals surface area contributed by atoms with Crippen LogP contribution in [0.15, 0.2) is 52.1 Å². The summed E-state index contributed by atoms with van der Waals surface area (Å²) >= 11 is 0. The van der Waals surface area contributed by atoms with E-state index in [2.05, 4.69) is 40.7 Å². The minimum Gasteiger partial charge on any atom is -0.488 e. The Hall–Kier alpha value is -1.74. The lowest BCUT2D eigenvalue weighted by Crippen LogP contribution is -2.42. The number of nitrogens with zero attached hydrogens (tertiary/aromatic N) is 2. The lowest BCUT2D eigenvalue weighted by atomic mass is 10.1. The number of likely N-dealkylation sites (tertiary alicyclic amines) is 1. The average molecular weight is 510 g/mol. The smallest absolute Gasteiger partial charge is 0.191 e. The van der Waals surface area contributed by atoms with Crippen LogP contribution in [-0.4, -0.2) is 49.7 Å². The van der Waals surface area contributed by atoms with E-state index in [4.69, 9.17) is 14.1 Å². The molecule has 3 heterocycles. The third kappa shape index (κ3) is 5.66. The molecule has 0 spiro atoms. The zero-order chi connectivity index (χ0) is 19.2. The summed E-state index contributed by atoms with van der Waals surface area (Å²) in [5.74, 6) is 2.83. The second-order valence-electron chi connectivity index (χ2n) is 7.43. The Morgan fingerprint density at radius 2 is 2.00 bits per heavy atom. The van der Waals surface area contributed by atoms with E-state index in [0.717, 1.165) is 50.1 Å². The summed E-state index contributed by atoms with van der Waals surface area (Å²) in [6.07, 6.45) is 5.32. The van der Waals surface area contributed by atoms with E-state index < -0.39 is 0 Å². The van der Waals surface area contributed by atoms with Gasteiger partial charge < -0.3 is 19.8 Å². The Bertz CT molecular complexity index is 750. The van der Waals surface area contributed by atoms with Crippen LogP contribution in [0.25, 0.3) is 0 Å². The van der Waals surface area contributed by atoms with Crippen molar-refractivity contribution in [2.24, 2.45) is 4.99 Å². The molecule has 2 aliphatic heterocycles. The number of hydrogen-bond donors (Lipinski definition) is 2. The molecule has 1 aromatic heterocycles. The van der Waals surface area contributed by atoms with Crippen molar-refractivity contribution in [1.29, 1.82) is 0 Å². The first-order valence-electron chi connectivity index (χ1n) is 10.4. The molecule has 4 rings (SSSR count). The molecule has 2 aromatic rings. The molecule has 1 fully saturated rings. The van der Waals surface area contributed by atoms with Gasteiger partial charge in [-0.15, -0.1) is 24.0 Å². The highest BCUT2D eigenvalue weighted by Gasteiger charge is 2.26. The van der Waals surface area contributed by atoms with Crippen molar-refractivity contribution in [3.63, 3.8) is 0 Å². The van der Waals surface area contributed by atoms with Crippen LogP contribution in [0.4, 0.5) is 0 Å². The SMILES string of the molecule is CCNC(=NCC(c1ccco1)N1CCCC1)NCC1Cc2ccccc2O1.I. The zero-order valence-electron chi connectivity index (χ0n) is 17.0. The molecule has 6 nitrogen and oxygen atoms in total. The Morgan fingerprint density at radius 1 is 1.17 bits per heavy atom. The molecule has 0 amide bonds. The van der Waals surface area contributed by atoms with Gasteiger partial charge in [-0.05, 0) is 56.6 Å². The van der Waals surface area contributed by atoms with Gasteiger partial charge in [-0.1, -0.05) is 18.2 Å². The maximum Gasteiger partial charge on any atom is 0.191 e. The van der Waals surface area contributed by atoms with Crippen molar-refractivity contribution >= 4 is 29.9 Å². The normalized spacial score (nSPS) is 19.9. The lowest BCUT2D eigenvalue weighted by Gasteiger charge is -2.24. The number of nitrogens with one attached hydrogen (secondary N) is 2. The van der Waals surface area contributed by atoms with Crippen LogP contribution < -0.4 is 15.4 Å². The minimum absolute atomic E-state index is 0. The summed E-state index contributed by atoms with van der Waals surface area (Å²) in [5, 5.41) is 6.81. The van der Waals surface area contributed by atoms with Gasteiger partial charge in [-0.2, -0.15) is 0 Å². The van der Waals surface area contributed by atoms with E-state index in [0.29, 0.717) is 6.54 Å². The van der Waals surface area contributed by atoms with E-state index in [1.54, 1.807) is 6.26 Å². The standard InChI is InChI=1S/C22H30N4O2.HI/c1-2-23-22(24-15-18-14-17-8-3-4-9-20(17)28-18)25-16-19(21-10-7-13-27-21)26-11-5-6-12-26;/h3-4,7-10,13,18-19H,2,5-6,11-12,14-16H2,1H3,(H2,23,24,25);1H. The molecule has 0 bridgehead atoms. The molecular formula is C22H31IN4O2. The molecular weight excluding hydrogens is 479 g/mol. The first kappa shape index (κ1) is 22.0. The van der Waals surface area contributed by atoms with Crippen LogP contribution in [0.5, 0.6) is 5.75 Å². The van der Waals surface area contributed by atoms with E-state index in [1.165, 1.54) is 18.4 Å². The van der Waals surface area contributed by atoms with Crippen molar-refractivity contribution in [2.75, 3.05) is 32.7 Å². The summed E-state index contributed by atoms with van der Waals surface area (Å²) in [4.78, 5) is 7.34. The summed E-state index contributed by atoms with van der Waals surface area (Å²) < 4.78 is 11.7. The molecule has 7 heteroatoms. The zero-order valence-corrected chi connectivity index (χ0v) is 19.3. The molecule has 1 saturated heterocycles. The number of hydrogen-bond acceptors (Lipinski definition) is 4. The summed E-state index contributed by atoms with van der Waals surface area (Å²) in [6, 6.07) is 12.5. The van der Waals surface area contributed by atoms with E-state index in [1.807, 2.05) is 18.2 Å². The molecule has 158 valence electrons. The molecule has 2 atom stereocenters. The Morgan fingerprint density at radius 3 is 2.72 bits per heavy atom. The van der Waals surface area contributed by atoms with E-state index in [-0.39, 0.29) is 36.1 Å². The van der Waals surface area contributed by atoms with Crippen molar-refractivity contribution in [2.45, 2.75) is 38.3 Å².